The molecular weight excluding hydrogens is 1230 g/mol. The first-order chi connectivity index (χ1) is 48.0. The highest BCUT2D eigenvalue weighted by molar-refractivity contribution is 7.47. The van der Waals surface area contributed by atoms with Crippen molar-refractivity contribution in [1.29, 1.82) is 0 Å². The van der Waals surface area contributed by atoms with Gasteiger partial charge in [-0.1, -0.05) is 352 Å². The molecule has 0 fully saturated rings. The van der Waals surface area contributed by atoms with Gasteiger partial charge in [-0.2, -0.15) is 0 Å². The quantitative estimate of drug-likeness (QED) is 0.0211. The summed E-state index contributed by atoms with van der Waals surface area (Å²) in [7, 11) is 1.44. The number of esters is 2. The van der Waals surface area contributed by atoms with Gasteiger partial charge >= 0.3 is 19.8 Å². The summed E-state index contributed by atoms with van der Waals surface area (Å²) in [6.07, 6.45) is 115. The molecule has 560 valence electrons. The first-order valence-corrected chi connectivity index (χ1v) is 41.7. The fourth-order valence-corrected chi connectivity index (χ4v) is 11.7. The van der Waals surface area contributed by atoms with Crippen molar-refractivity contribution in [2.24, 2.45) is 0 Å². The molecule has 0 saturated heterocycles. The van der Waals surface area contributed by atoms with Crippen LogP contribution in [0.1, 0.15) is 335 Å². The highest BCUT2D eigenvalue weighted by atomic mass is 31.2. The Morgan fingerprint density at radius 1 is 0.327 bits per heavy atom. The molecule has 1 N–H and O–H groups in total. The van der Waals surface area contributed by atoms with Crippen LogP contribution in [0.25, 0.3) is 0 Å². The lowest BCUT2D eigenvalue weighted by atomic mass is 10.0. The molecule has 0 heterocycles. The number of hydrogen-bond acceptors (Lipinski definition) is 7. The van der Waals surface area contributed by atoms with Gasteiger partial charge in [0, 0.05) is 12.8 Å². The van der Waals surface area contributed by atoms with Crippen LogP contribution in [0.5, 0.6) is 0 Å². The lowest BCUT2D eigenvalue weighted by Crippen LogP contribution is -2.37. The molecule has 0 spiro atoms. The first kappa shape index (κ1) is 93.6. The summed E-state index contributed by atoms with van der Waals surface area (Å²) in [4.78, 5) is 36.0. The van der Waals surface area contributed by atoms with Crippen molar-refractivity contribution in [3.8, 4) is 0 Å². The smallest absolute Gasteiger partial charge is 0.462 e. The van der Waals surface area contributed by atoms with Crippen LogP contribution in [-0.4, -0.2) is 74.9 Å². The molecule has 0 amide bonds. The number of nitrogens with zero attached hydrogens (tertiary/aromatic N) is 1. The highest BCUT2D eigenvalue weighted by Crippen LogP contribution is 2.43. The second kappa shape index (κ2) is 76.8. The van der Waals surface area contributed by atoms with E-state index in [9.17, 15) is 19.0 Å². The van der Waals surface area contributed by atoms with Gasteiger partial charge in [0.05, 0.1) is 27.7 Å². The average Bonchev–Trinajstić information content (AvgIpc) is 1.23. The van der Waals surface area contributed by atoms with Crippen LogP contribution in [0, 0.1) is 0 Å². The molecule has 98 heavy (non-hydrogen) atoms. The number of phosphoric acid groups is 1. The van der Waals surface area contributed by atoms with Crippen molar-refractivity contribution in [3.63, 3.8) is 0 Å². The summed E-state index contributed by atoms with van der Waals surface area (Å²) >= 11 is 0. The van der Waals surface area contributed by atoms with E-state index >= 15 is 0 Å². The molecule has 0 aliphatic rings. The number of phosphoric ester groups is 1. The van der Waals surface area contributed by atoms with Gasteiger partial charge in [0.15, 0.2) is 6.10 Å². The molecule has 2 unspecified atom stereocenters. The molecular formula is C88H151NO8P+. The van der Waals surface area contributed by atoms with E-state index in [1.165, 1.54) is 193 Å². The molecule has 0 aromatic heterocycles. The third-order valence-corrected chi connectivity index (χ3v) is 18.0. The number of quaternary nitrogens is 1. The second-order valence-corrected chi connectivity index (χ2v) is 29.2. The number of unbranched alkanes of at least 4 members (excludes halogenated alkanes) is 33. The largest absolute Gasteiger partial charge is 0.472 e. The summed E-state index contributed by atoms with van der Waals surface area (Å²) in [5.41, 5.74) is 0. The van der Waals surface area contributed by atoms with E-state index in [-0.39, 0.29) is 32.0 Å². The number of carbonyl (C=O) groups excluding carboxylic acids is 2. The predicted molar refractivity (Wildman–Crippen MR) is 426 cm³/mol. The van der Waals surface area contributed by atoms with Crippen LogP contribution >= 0.6 is 7.82 Å². The molecule has 0 aromatic carbocycles. The van der Waals surface area contributed by atoms with Crippen LogP contribution in [0.4, 0.5) is 0 Å². The van der Waals surface area contributed by atoms with Gasteiger partial charge in [-0.3, -0.25) is 18.6 Å². The Morgan fingerprint density at radius 3 is 0.898 bits per heavy atom. The van der Waals surface area contributed by atoms with E-state index in [1.54, 1.807) is 0 Å². The van der Waals surface area contributed by atoms with E-state index < -0.39 is 26.5 Å². The zero-order valence-electron chi connectivity index (χ0n) is 64.0. The third kappa shape index (κ3) is 80.6. The van der Waals surface area contributed by atoms with E-state index in [2.05, 4.69) is 172 Å². The fourth-order valence-electron chi connectivity index (χ4n) is 10.9. The minimum absolute atomic E-state index is 0.0164. The molecule has 10 heteroatoms. The minimum atomic E-state index is -4.42. The van der Waals surface area contributed by atoms with Crippen molar-refractivity contribution < 1.29 is 42.1 Å². The lowest BCUT2D eigenvalue weighted by Gasteiger charge is -2.24. The Hall–Kier alpha value is -4.37. The zero-order chi connectivity index (χ0) is 71.1. The average molecular weight is 1380 g/mol. The van der Waals surface area contributed by atoms with Crippen LogP contribution in [0.3, 0.4) is 0 Å². The van der Waals surface area contributed by atoms with Crippen molar-refractivity contribution in [2.75, 3.05) is 47.5 Å². The lowest BCUT2D eigenvalue weighted by molar-refractivity contribution is -0.870. The molecule has 0 saturated carbocycles. The van der Waals surface area contributed by atoms with Crippen LogP contribution in [0.2, 0.25) is 0 Å². The van der Waals surface area contributed by atoms with Crippen molar-refractivity contribution in [2.45, 2.75) is 341 Å². The zero-order valence-corrected chi connectivity index (χ0v) is 64.9. The molecule has 0 aliphatic carbocycles. The maximum Gasteiger partial charge on any atom is 0.472 e. The van der Waals surface area contributed by atoms with E-state index in [4.69, 9.17) is 18.5 Å². The third-order valence-electron chi connectivity index (χ3n) is 17.0. The first-order valence-electron chi connectivity index (χ1n) is 40.2. The number of likely N-dealkylation sites (N-methyl/N-ethyl adjacent to an activating group) is 1. The van der Waals surface area contributed by atoms with Crippen LogP contribution in [0.15, 0.2) is 158 Å². The topological polar surface area (TPSA) is 108 Å². The number of carbonyl (C=O) groups is 2. The van der Waals surface area contributed by atoms with Crippen molar-refractivity contribution in [1.82, 2.24) is 0 Å². The van der Waals surface area contributed by atoms with Crippen LogP contribution in [-0.2, 0) is 32.7 Å². The van der Waals surface area contributed by atoms with E-state index in [0.29, 0.717) is 17.4 Å². The van der Waals surface area contributed by atoms with Crippen molar-refractivity contribution >= 4 is 19.8 Å². The minimum Gasteiger partial charge on any atom is -0.462 e. The normalized spacial score (nSPS) is 13.9. The Balaban J connectivity index is 4.09. The number of hydrogen-bond donors (Lipinski definition) is 1. The summed E-state index contributed by atoms with van der Waals surface area (Å²) < 4.78 is 34.7. The van der Waals surface area contributed by atoms with Crippen molar-refractivity contribution in [3.05, 3.63) is 158 Å². The highest BCUT2D eigenvalue weighted by Gasteiger charge is 2.27. The van der Waals surface area contributed by atoms with E-state index in [1.807, 2.05) is 21.1 Å². The maximum atomic E-state index is 12.9. The fraction of sp³-hybridized carbons (Fsp3) is 0.682. The SMILES string of the molecule is CC/C=C\C/C=C\C/C=C\C/C=C\C/C=C\C/C=C\C/C=C\C/C=C\C/C=C\C/C=C\C/C=C\C/C=C\CCCCC(=O)OC(COC(=O)CCCCCCCCCCCCCCCCCCCCCCCCC/C=C\CCCCCCCCCC)COP(=O)(O)OCC[N+](C)(C)C. The van der Waals surface area contributed by atoms with Gasteiger partial charge in [0.1, 0.15) is 19.8 Å². The Bertz CT molecular complexity index is 2220. The Kier molecular flexibility index (Phi) is 73.4. The summed E-state index contributed by atoms with van der Waals surface area (Å²) in [5, 5.41) is 0. The number of rotatable bonds is 73. The standard InChI is InChI=1S/C88H150NO8P/c1-6-8-10-12-14-16-18-20-22-24-26-28-30-32-34-36-38-40-42-43-44-45-47-49-51-53-55-57-59-61-63-65-67-69-71-73-75-77-79-81-88(91)97-86(85-96-98(92,93)95-83-82-89(3,4)5)84-94-87(90)80-78-76-74-72-70-68-66-64-62-60-58-56-54-52-50-48-46-41-39-37-35-33-31-29-27-25-23-21-19-17-15-13-11-9-7-2/h8,10,14,16,20,22,25-28,32,34,38,40,43-44,47,49,53,55,59,61,65,67,71,73,86H,6-7,9,11-13,15,17-19,21,23-24,29-31,33,35-37,39,41-42,45-46,48,50-52,54,56-58,60,62-64,66,68-70,72,74-85H2,1-5H3/p+1/b10-8-,16-14-,22-20-,27-25-,28-26-,34-32-,40-38-,44-43-,49-47-,55-53-,61-59-,67-65-,73-71-. The maximum absolute atomic E-state index is 12.9. The molecule has 0 aliphatic heterocycles. The van der Waals surface area contributed by atoms with Gasteiger partial charge in [-0.15, -0.1) is 0 Å². The Labute approximate surface area is 605 Å². The second-order valence-electron chi connectivity index (χ2n) is 27.7. The summed E-state index contributed by atoms with van der Waals surface area (Å²) in [6, 6.07) is 0. The van der Waals surface area contributed by atoms with Gasteiger partial charge < -0.3 is 18.9 Å². The van der Waals surface area contributed by atoms with Gasteiger partial charge in [-0.05, 0) is 128 Å². The number of ether oxygens (including phenoxy) is 2. The summed E-state index contributed by atoms with van der Waals surface area (Å²) in [6.45, 7) is 4.29. The Morgan fingerprint density at radius 2 is 0.582 bits per heavy atom. The molecule has 9 nitrogen and oxygen atoms in total. The molecule has 0 rings (SSSR count). The van der Waals surface area contributed by atoms with Crippen LogP contribution < -0.4 is 0 Å². The van der Waals surface area contributed by atoms with Gasteiger partial charge in [0.25, 0.3) is 0 Å². The van der Waals surface area contributed by atoms with Gasteiger partial charge in [0.2, 0.25) is 0 Å². The number of allylic oxidation sites excluding steroid dienone is 26. The molecule has 0 radical (unpaired) electrons. The molecule has 2 atom stereocenters. The monoisotopic (exact) mass is 1380 g/mol. The molecule has 0 bridgehead atoms. The molecule has 0 aromatic rings. The predicted octanol–water partition coefficient (Wildman–Crippen LogP) is 27.1. The summed E-state index contributed by atoms with van der Waals surface area (Å²) in [5.74, 6) is -0.847. The van der Waals surface area contributed by atoms with Gasteiger partial charge in [-0.25, -0.2) is 4.57 Å². The van der Waals surface area contributed by atoms with E-state index in [0.717, 1.165) is 109 Å².